The highest BCUT2D eigenvalue weighted by Crippen LogP contribution is 2.35. The van der Waals surface area contributed by atoms with E-state index in [0.29, 0.717) is 18.1 Å². The fourth-order valence-corrected chi connectivity index (χ4v) is 4.33. The molecular formula is C22H22N4O2S. The van der Waals surface area contributed by atoms with Crippen molar-refractivity contribution in [1.29, 1.82) is 0 Å². The topological polar surface area (TPSA) is 75.2 Å². The van der Waals surface area contributed by atoms with Crippen LogP contribution in [0.3, 0.4) is 0 Å². The summed E-state index contributed by atoms with van der Waals surface area (Å²) in [5.74, 6) is -0.0487. The summed E-state index contributed by atoms with van der Waals surface area (Å²) in [5, 5.41) is 12.4. The summed E-state index contributed by atoms with van der Waals surface area (Å²) in [6, 6.07) is 15.7. The third-order valence-corrected chi connectivity index (χ3v) is 6.05. The standard InChI is InChI=1S/C22H22N4O2S/c1-14-7-9-16(10-8-14)11-19(27)23-22-25-24-21(29-22)17-12-20(28)26(13-17)18-6-4-3-5-15(18)2/h3-10,17H,11-13H2,1-2H3,(H,23,25,27). The third kappa shape index (κ3) is 4.35. The highest BCUT2D eigenvalue weighted by molar-refractivity contribution is 7.15. The van der Waals surface area contributed by atoms with Crippen molar-refractivity contribution in [3.05, 3.63) is 70.2 Å². The smallest absolute Gasteiger partial charge is 0.230 e. The van der Waals surface area contributed by atoms with Gasteiger partial charge >= 0.3 is 0 Å². The Balaban J connectivity index is 1.40. The Hall–Kier alpha value is -3.06. The lowest BCUT2D eigenvalue weighted by atomic mass is 10.1. The van der Waals surface area contributed by atoms with Gasteiger partial charge < -0.3 is 10.2 Å². The zero-order valence-electron chi connectivity index (χ0n) is 16.4. The molecule has 0 bridgehead atoms. The van der Waals surface area contributed by atoms with Gasteiger partial charge in [0.1, 0.15) is 5.01 Å². The van der Waals surface area contributed by atoms with Crippen LogP contribution in [0.15, 0.2) is 48.5 Å². The maximum atomic E-state index is 12.5. The van der Waals surface area contributed by atoms with Gasteiger partial charge in [0.2, 0.25) is 16.9 Å². The molecule has 1 aliphatic heterocycles. The van der Waals surface area contributed by atoms with Crippen molar-refractivity contribution >= 4 is 34.0 Å². The van der Waals surface area contributed by atoms with E-state index < -0.39 is 0 Å². The van der Waals surface area contributed by atoms with E-state index in [1.165, 1.54) is 11.3 Å². The van der Waals surface area contributed by atoms with Gasteiger partial charge in [0.05, 0.1) is 6.42 Å². The Morgan fingerprint density at radius 1 is 1.14 bits per heavy atom. The second-order valence-corrected chi connectivity index (χ2v) is 8.36. The minimum absolute atomic E-state index is 0.0117. The summed E-state index contributed by atoms with van der Waals surface area (Å²) < 4.78 is 0. The Kier molecular flexibility index (Phi) is 5.40. The van der Waals surface area contributed by atoms with Crippen LogP contribution in [0, 0.1) is 13.8 Å². The van der Waals surface area contributed by atoms with Crippen molar-refractivity contribution in [3.8, 4) is 0 Å². The van der Waals surface area contributed by atoms with Crippen LogP contribution in [0.5, 0.6) is 0 Å². The SMILES string of the molecule is Cc1ccc(CC(=O)Nc2nnc(C3CC(=O)N(c4ccccc4C)C3)s2)cc1. The fraction of sp³-hybridized carbons (Fsp3) is 0.273. The van der Waals surface area contributed by atoms with Crippen LogP contribution < -0.4 is 10.2 Å². The molecule has 2 aromatic carbocycles. The molecular weight excluding hydrogens is 384 g/mol. The van der Waals surface area contributed by atoms with Gasteiger partial charge in [0.25, 0.3) is 0 Å². The largest absolute Gasteiger partial charge is 0.311 e. The number of nitrogens with zero attached hydrogens (tertiary/aromatic N) is 3. The van der Waals surface area contributed by atoms with E-state index in [1.54, 1.807) is 0 Å². The quantitative estimate of drug-likeness (QED) is 0.698. The molecule has 2 amide bonds. The maximum Gasteiger partial charge on any atom is 0.230 e. The summed E-state index contributed by atoms with van der Waals surface area (Å²) in [5.41, 5.74) is 4.13. The Bertz CT molecular complexity index is 1040. The lowest BCUT2D eigenvalue weighted by molar-refractivity contribution is -0.117. The first kappa shape index (κ1) is 19.3. The van der Waals surface area contributed by atoms with Gasteiger partial charge in [0.15, 0.2) is 0 Å². The molecule has 1 unspecified atom stereocenters. The summed E-state index contributed by atoms with van der Waals surface area (Å²) in [6.45, 7) is 4.60. The van der Waals surface area contributed by atoms with Crippen LogP contribution in [-0.4, -0.2) is 28.6 Å². The van der Waals surface area contributed by atoms with Gasteiger partial charge in [-0.2, -0.15) is 0 Å². The van der Waals surface area contributed by atoms with Crippen LogP contribution in [-0.2, 0) is 16.0 Å². The third-order valence-electron chi connectivity index (χ3n) is 5.05. The molecule has 1 aliphatic rings. The minimum atomic E-state index is -0.124. The number of aromatic nitrogens is 2. The lowest BCUT2D eigenvalue weighted by Gasteiger charge is -2.18. The zero-order chi connectivity index (χ0) is 20.4. The molecule has 1 saturated heterocycles. The van der Waals surface area contributed by atoms with Crippen molar-refractivity contribution in [1.82, 2.24) is 10.2 Å². The molecule has 2 heterocycles. The first-order valence-corrected chi connectivity index (χ1v) is 10.4. The number of benzene rings is 2. The number of rotatable bonds is 5. The number of hydrogen-bond donors (Lipinski definition) is 1. The number of nitrogens with one attached hydrogen (secondary N) is 1. The normalized spacial score (nSPS) is 16.3. The summed E-state index contributed by atoms with van der Waals surface area (Å²) >= 11 is 1.34. The number of aryl methyl sites for hydroxylation is 2. The first-order valence-electron chi connectivity index (χ1n) is 9.54. The molecule has 0 aliphatic carbocycles. The fourth-order valence-electron chi connectivity index (χ4n) is 3.48. The van der Waals surface area contributed by atoms with E-state index in [2.05, 4.69) is 15.5 Å². The summed E-state index contributed by atoms with van der Waals surface area (Å²) in [6.07, 6.45) is 0.693. The van der Waals surface area contributed by atoms with E-state index in [0.717, 1.165) is 27.4 Å². The van der Waals surface area contributed by atoms with Gasteiger partial charge in [-0.1, -0.05) is 59.4 Å². The number of carbonyl (C=O) groups is 2. The number of amides is 2. The zero-order valence-corrected chi connectivity index (χ0v) is 17.2. The van der Waals surface area contributed by atoms with E-state index in [1.807, 2.05) is 67.3 Å². The number of anilines is 2. The van der Waals surface area contributed by atoms with Crippen molar-refractivity contribution in [2.75, 3.05) is 16.8 Å². The predicted molar refractivity (Wildman–Crippen MR) is 114 cm³/mol. The van der Waals surface area contributed by atoms with E-state index in [9.17, 15) is 9.59 Å². The molecule has 3 aromatic rings. The van der Waals surface area contributed by atoms with E-state index in [4.69, 9.17) is 0 Å². The maximum absolute atomic E-state index is 12.5. The molecule has 0 saturated carbocycles. The van der Waals surface area contributed by atoms with Gasteiger partial charge in [0, 0.05) is 24.6 Å². The van der Waals surface area contributed by atoms with Crippen LogP contribution in [0.4, 0.5) is 10.8 Å². The first-order chi connectivity index (χ1) is 14.0. The van der Waals surface area contributed by atoms with Gasteiger partial charge in [-0.15, -0.1) is 10.2 Å². The summed E-state index contributed by atoms with van der Waals surface area (Å²) in [4.78, 5) is 26.6. The second kappa shape index (κ2) is 8.13. The molecule has 29 heavy (non-hydrogen) atoms. The van der Waals surface area contributed by atoms with Crippen LogP contribution in [0.25, 0.3) is 0 Å². The molecule has 1 N–H and O–H groups in total. The molecule has 148 valence electrons. The molecule has 1 aromatic heterocycles. The molecule has 0 radical (unpaired) electrons. The number of para-hydroxylation sites is 1. The van der Waals surface area contributed by atoms with Crippen molar-refractivity contribution in [2.24, 2.45) is 0 Å². The highest BCUT2D eigenvalue weighted by Gasteiger charge is 2.34. The van der Waals surface area contributed by atoms with E-state index in [-0.39, 0.29) is 24.2 Å². The van der Waals surface area contributed by atoms with Gasteiger partial charge in [-0.05, 0) is 31.0 Å². The lowest BCUT2D eigenvalue weighted by Crippen LogP contribution is -2.25. The molecule has 0 spiro atoms. The molecule has 6 nitrogen and oxygen atoms in total. The van der Waals surface area contributed by atoms with E-state index >= 15 is 0 Å². The van der Waals surface area contributed by atoms with Crippen LogP contribution in [0.2, 0.25) is 0 Å². The van der Waals surface area contributed by atoms with Crippen LogP contribution >= 0.6 is 11.3 Å². The van der Waals surface area contributed by atoms with Gasteiger partial charge in [-0.3, -0.25) is 9.59 Å². The monoisotopic (exact) mass is 406 g/mol. The van der Waals surface area contributed by atoms with Crippen molar-refractivity contribution in [3.63, 3.8) is 0 Å². The van der Waals surface area contributed by atoms with Crippen LogP contribution in [0.1, 0.15) is 34.0 Å². The molecule has 1 fully saturated rings. The second-order valence-electron chi connectivity index (χ2n) is 7.35. The average Bonchev–Trinajstić information content (AvgIpc) is 3.31. The summed E-state index contributed by atoms with van der Waals surface area (Å²) in [7, 11) is 0. The Labute approximate surface area is 173 Å². The molecule has 1 atom stereocenters. The molecule has 4 rings (SSSR count). The Morgan fingerprint density at radius 3 is 2.66 bits per heavy atom. The van der Waals surface area contributed by atoms with Crippen molar-refractivity contribution < 1.29 is 9.59 Å². The minimum Gasteiger partial charge on any atom is -0.311 e. The predicted octanol–water partition coefficient (Wildman–Crippen LogP) is 3.86. The van der Waals surface area contributed by atoms with Gasteiger partial charge in [-0.25, -0.2) is 0 Å². The Morgan fingerprint density at radius 2 is 1.90 bits per heavy atom. The van der Waals surface area contributed by atoms with Crippen molar-refractivity contribution in [2.45, 2.75) is 32.6 Å². The number of hydrogen-bond acceptors (Lipinski definition) is 5. The molecule has 7 heteroatoms. The number of carbonyl (C=O) groups excluding carboxylic acids is 2. The average molecular weight is 407 g/mol. The highest BCUT2D eigenvalue weighted by atomic mass is 32.1.